The number of thiazole rings is 1. The van der Waals surface area contributed by atoms with Crippen LogP contribution >= 0.6 is 27.3 Å². The molecule has 1 aliphatic carbocycles. The highest BCUT2D eigenvalue weighted by atomic mass is 79.9. The second-order valence-corrected chi connectivity index (χ2v) is 6.03. The summed E-state index contributed by atoms with van der Waals surface area (Å²) in [5.74, 6) is -0.176. The van der Waals surface area contributed by atoms with Crippen molar-refractivity contribution in [1.29, 1.82) is 0 Å². The molecule has 2 aromatic rings. The molecule has 100 valence electrons. The third kappa shape index (κ3) is 2.28. The van der Waals surface area contributed by atoms with Gasteiger partial charge in [0, 0.05) is 4.47 Å². The highest BCUT2D eigenvalue weighted by Gasteiger charge is 2.08. The molecule has 0 bridgehead atoms. The van der Waals surface area contributed by atoms with Crippen molar-refractivity contribution in [3.63, 3.8) is 0 Å². The first-order valence-electron chi connectivity index (χ1n) is 5.71. The Morgan fingerprint density at radius 3 is 2.75 bits per heavy atom. The summed E-state index contributed by atoms with van der Waals surface area (Å²) in [5.41, 5.74) is 0.903. The van der Waals surface area contributed by atoms with Crippen molar-refractivity contribution in [1.82, 2.24) is 4.98 Å². The van der Waals surface area contributed by atoms with Crippen molar-refractivity contribution in [2.24, 2.45) is 0 Å². The minimum absolute atomic E-state index is 0.0392. The molecule has 0 atom stereocenters. The Morgan fingerprint density at radius 1 is 1.25 bits per heavy atom. The van der Waals surface area contributed by atoms with Crippen LogP contribution in [0.3, 0.4) is 0 Å². The third-order valence-electron chi connectivity index (χ3n) is 2.90. The van der Waals surface area contributed by atoms with Crippen LogP contribution in [0.15, 0.2) is 27.5 Å². The molecule has 2 N–H and O–H groups in total. The molecule has 0 amide bonds. The highest BCUT2D eigenvalue weighted by molar-refractivity contribution is 9.10. The molecule has 1 aliphatic rings. The summed E-state index contributed by atoms with van der Waals surface area (Å²) in [6.45, 7) is 0. The number of carbonyl (C=O) groups is 1. The number of fused-ring (bicyclic) bond motifs is 1. The van der Waals surface area contributed by atoms with Gasteiger partial charge in [-0.2, -0.15) is 0 Å². The van der Waals surface area contributed by atoms with Gasteiger partial charge >= 0.3 is 4.87 Å². The number of halogens is 1. The van der Waals surface area contributed by atoms with E-state index in [0.29, 0.717) is 4.88 Å². The summed E-state index contributed by atoms with van der Waals surface area (Å²) in [6.07, 6.45) is 6.53. The molecule has 6 heteroatoms. The monoisotopic (exact) mass is 349 g/mol. The second kappa shape index (κ2) is 4.88. The number of aromatic amines is 1. The Balaban J connectivity index is 2.25. The van der Waals surface area contributed by atoms with Crippen LogP contribution in [0.5, 0.6) is 5.88 Å². The summed E-state index contributed by atoms with van der Waals surface area (Å²) in [7, 11) is 0. The van der Waals surface area contributed by atoms with Gasteiger partial charge in [0.1, 0.15) is 0 Å². The average molecular weight is 350 g/mol. The smallest absolute Gasteiger partial charge is 0.307 e. The van der Waals surface area contributed by atoms with Crippen LogP contribution in [0.4, 0.5) is 0 Å². The van der Waals surface area contributed by atoms with E-state index in [9.17, 15) is 14.7 Å². The first-order chi connectivity index (χ1) is 9.54. The Bertz CT molecular complexity index is 921. The van der Waals surface area contributed by atoms with Crippen molar-refractivity contribution in [2.45, 2.75) is 0 Å². The maximum absolute atomic E-state index is 11.3. The minimum atomic E-state index is -0.304. The maximum Gasteiger partial charge on any atom is 0.307 e. The minimum Gasteiger partial charge on any atom is -0.493 e. The van der Waals surface area contributed by atoms with Gasteiger partial charge in [0.25, 0.3) is 0 Å². The van der Waals surface area contributed by atoms with Crippen molar-refractivity contribution < 1.29 is 9.90 Å². The molecule has 1 aromatic heterocycles. The first-order valence-corrected chi connectivity index (χ1v) is 7.31. The molecule has 0 fully saturated rings. The number of aromatic hydroxyl groups is 1. The summed E-state index contributed by atoms with van der Waals surface area (Å²) in [6, 6.07) is 3.66. The van der Waals surface area contributed by atoms with E-state index < -0.39 is 0 Å². The van der Waals surface area contributed by atoms with E-state index in [2.05, 4.69) is 20.9 Å². The second-order valence-electron chi connectivity index (χ2n) is 4.22. The van der Waals surface area contributed by atoms with Gasteiger partial charge in [-0.25, -0.2) is 0 Å². The van der Waals surface area contributed by atoms with E-state index in [0.717, 1.165) is 31.8 Å². The normalized spacial score (nSPS) is 14.2. The molecule has 0 aliphatic heterocycles. The molecular formula is C14H8BrNO3S. The number of hydrogen-bond donors (Lipinski definition) is 2. The van der Waals surface area contributed by atoms with E-state index >= 15 is 0 Å². The zero-order valence-corrected chi connectivity index (χ0v) is 12.4. The summed E-state index contributed by atoms with van der Waals surface area (Å²) in [4.78, 5) is 25.0. The zero-order valence-electron chi connectivity index (χ0n) is 10.0. The lowest BCUT2D eigenvalue weighted by molar-refractivity contribution is -0.109. The van der Waals surface area contributed by atoms with Crippen LogP contribution in [0.25, 0.3) is 18.2 Å². The summed E-state index contributed by atoms with van der Waals surface area (Å²) in [5, 5.41) is 11.3. The number of hydrogen-bond acceptors (Lipinski definition) is 4. The Hall–Kier alpha value is -1.92. The quantitative estimate of drug-likeness (QED) is 0.810. The molecule has 1 aromatic carbocycles. The van der Waals surface area contributed by atoms with Crippen LogP contribution < -0.4 is 15.3 Å². The van der Waals surface area contributed by atoms with Gasteiger partial charge in [0.15, 0.2) is 5.78 Å². The third-order valence-corrected chi connectivity index (χ3v) is 4.60. The maximum atomic E-state index is 11.3. The van der Waals surface area contributed by atoms with Crippen molar-refractivity contribution in [3.05, 3.63) is 53.2 Å². The molecule has 20 heavy (non-hydrogen) atoms. The lowest BCUT2D eigenvalue weighted by Crippen LogP contribution is -2.18. The van der Waals surface area contributed by atoms with Crippen LogP contribution in [-0.4, -0.2) is 15.9 Å². The Morgan fingerprint density at radius 2 is 2.05 bits per heavy atom. The molecule has 0 radical (unpaired) electrons. The molecular weight excluding hydrogens is 342 g/mol. The Labute approximate surface area is 125 Å². The highest BCUT2D eigenvalue weighted by Crippen LogP contribution is 2.18. The summed E-state index contributed by atoms with van der Waals surface area (Å²) < 4.78 is 0.815. The molecule has 1 heterocycles. The number of nitrogens with one attached hydrogen (secondary N) is 1. The average Bonchev–Trinajstić information content (AvgIpc) is 2.71. The van der Waals surface area contributed by atoms with E-state index in [1.54, 1.807) is 18.2 Å². The fourth-order valence-corrected chi connectivity index (χ4v) is 3.26. The van der Waals surface area contributed by atoms with Gasteiger partial charge in [-0.15, -0.1) is 0 Å². The molecule has 0 spiro atoms. The number of H-pyrrole nitrogens is 1. The van der Waals surface area contributed by atoms with Crippen molar-refractivity contribution >= 4 is 51.3 Å². The fraction of sp³-hybridized carbons (Fsp3) is 0. The van der Waals surface area contributed by atoms with E-state index in [1.165, 1.54) is 6.08 Å². The fourth-order valence-electron chi connectivity index (χ4n) is 1.97. The zero-order chi connectivity index (χ0) is 14.3. The van der Waals surface area contributed by atoms with E-state index in [1.807, 2.05) is 12.1 Å². The number of rotatable bonds is 1. The van der Waals surface area contributed by atoms with Gasteiger partial charge < -0.3 is 5.11 Å². The van der Waals surface area contributed by atoms with E-state index in [-0.39, 0.29) is 16.5 Å². The largest absolute Gasteiger partial charge is 0.493 e. The van der Waals surface area contributed by atoms with Crippen LogP contribution in [0.2, 0.25) is 0 Å². The van der Waals surface area contributed by atoms with Gasteiger partial charge in [-0.05, 0) is 56.2 Å². The molecule has 0 saturated heterocycles. The van der Waals surface area contributed by atoms with Gasteiger partial charge in [-0.3, -0.25) is 14.6 Å². The molecule has 0 unspecified atom stereocenters. The first kappa shape index (κ1) is 13.1. The lowest BCUT2D eigenvalue weighted by atomic mass is 10.0. The lowest BCUT2D eigenvalue weighted by Gasteiger charge is -2.05. The number of ketones is 1. The van der Waals surface area contributed by atoms with Crippen LogP contribution in [0, 0.1) is 0 Å². The van der Waals surface area contributed by atoms with Gasteiger partial charge in [-0.1, -0.05) is 23.5 Å². The van der Waals surface area contributed by atoms with E-state index in [4.69, 9.17) is 0 Å². The molecule has 4 nitrogen and oxygen atoms in total. The van der Waals surface area contributed by atoms with Gasteiger partial charge in [0.2, 0.25) is 5.88 Å². The van der Waals surface area contributed by atoms with Crippen molar-refractivity contribution in [3.8, 4) is 5.88 Å². The predicted octanol–water partition coefficient (Wildman–Crippen LogP) is 1.11. The van der Waals surface area contributed by atoms with Gasteiger partial charge in [0.05, 0.1) is 4.88 Å². The number of aromatic nitrogens is 1. The molecule has 3 rings (SSSR count). The summed E-state index contributed by atoms with van der Waals surface area (Å²) >= 11 is 4.43. The number of benzene rings is 1. The predicted molar refractivity (Wildman–Crippen MR) is 82.1 cm³/mol. The SMILES string of the molecule is O=C1C=Cc2c(Br)/c(=C/c3sc(=O)[nH]c3O)ccc2=C1. The number of allylic oxidation sites excluding steroid dienone is 1. The van der Waals surface area contributed by atoms with Crippen LogP contribution in [-0.2, 0) is 4.79 Å². The Kier molecular flexibility index (Phi) is 3.19. The topological polar surface area (TPSA) is 70.2 Å². The van der Waals surface area contributed by atoms with Crippen molar-refractivity contribution in [2.75, 3.05) is 0 Å². The standard InChI is InChI=1S/C14H8BrNO3S/c15-12-8(6-11-13(18)16-14(19)20-11)2-1-7-5-9(17)3-4-10(7)12/h1-6,18H,(H,16,19)/b8-6+. The molecule has 0 saturated carbocycles. The number of carbonyl (C=O) groups excluding carboxylic acids is 1. The van der Waals surface area contributed by atoms with Crippen LogP contribution in [0.1, 0.15) is 10.4 Å².